The highest BCUT2D eigenvalue weighted by Gasteiger charge is 2.28. The van der Waals surface area contributed by atoms with Crippen LogP contribution in [0.4, 0.5) is 5.95 Å². The van der Waals surface area contributed by atoms with E-state index in [-0.39, 0.29) is 12.5 Å². The molecule has 1 amide bonds. The Labute approximate surface area is 139 Å². The van der Waals surface area contributed by atoms with E-state index in [1.165, 1.54) is 0 Å². The summed E-state index contributed by atoms with van der Waals surface area (Å²) in [6.07, 6.45) is -0.704. The van der Waals surface area contributed by atoms with Gasteiger partial charge in [0.05, 0.1) is 11.0 Å². The van der Waals surface area contributed by atoms with Crippen LogP contribution < -0.4 is 14.8 Å². The molecule has 122 valence electrons. The second-order valence-corrected chi connectivity index (χ2v) is 5.52. The Hall–Kier alpha value is -3.02. The minimum Gasteiger partial charge on any atom is -0.485 e. The van der Waals surface area contributed by atoms with Gasteiger partial charge >= 0.3 is 0 Å². The van der Waals surface area contributed by atoms with Gasteiger partial charge in [-0.15, -0.1) is 0 Å². The first-order chi connectivity index (χ1) is 11.8. The van der Waals surface area contributed by atoms with E-state index >= 15 is 0 Å². The van der Waals surface area contributed by atoms with E-state index in [0.717, 1.165) is 11.0 Å². The Morgan fingerprint density at radius 1 is 1.21 bits per heavy atom. The summed E-state index contributed by atoms with van der Waals surface area (Å²) in [6.45, 7) is 2.90. The number of aromatic nitrogens is 2. The van der Waals surface area contributed by atoms with Crippen LogP contribution in [0.2, 0.25) is 0 Å². The quantitative estimate of drug-likeness (QED) is 0.805. The van der Waals surface area contributed by atoms with Gasteiger partial charge in [0.15, 0.2) is 11.5 Å². The van der Waals surface area contributed by atoms with Gasteiger partial charge in [0.25, 0.3) is 5.91 Å². The molecule has 1 aromatic heterocycles. The molecule has 1 aliphatic heterocycles. The maximum absolute atomic E-state index is 12.6. The number of carbonyl (C=O) groups excluding carboxylic acids is 1. The maximum Gasteiger partial charge on any atom is 0.271 e. The van der Waals surface area contributed by atoms with Crippen LogP contribution in [0, 0.1) is 0 Å². The number of carbonyl (C=O) groups is 1. The van der Waals surface area contributed by atoms with Gasteiger partial charge in [-0.2, -0.15) is 0 Å². The molecule has 2 heterocycles. The molecular formula is C18H17N3O3. The van der Waals surface area contributed by atoms with E-state index in [1.807, 2.05) is 54.0 Å². The number of anilines is 1. The number of fused-ring (bicyclic) bond motifs is 2. The third-order valence-electron chi connectivity index (χ3n) is 4.01. The van der Waals surface area contributed by atoms with E-state index in [0.29, 0.717) is 24.0 Å². The summed E-state index contributed by atoms with van der Waals surface area (Å²) < 4.78 is 13.3. The predicted molar refractivity (Wildman–Crippen MR) is 90.4 cm³/mol. The molecular weight excluding hydrogens is 306 g/mol. The molecule has 6 heteroatoms. The van der Waals surface area contributed by atoms with Crippen LogP contribution in [-0.4, -0.2) is 28.2 Å². The van der Waals surface area contributed by atoms with Gasteiger partial charge < -0.3 is 14.0 Å². The number of imidazole rings is 1. The molecule has 4 rings (SSSR count). The topological polar surface area (TPSA) is 65.4 Å². The second kappa shape index (κ2) is 5.88. The highest BCUT2D eigenvalue weighted by atomic mass is 16.6. The van der Waals surface area contributed by atoms with Crippen molar-refractivity contribution in [3.8, 4) is 11.5 Å². The fraction of sp³-hybridized carbons (Fsp3) is 0.222. The smallest absolute Gasteiger partial charge is 0.271 e. The van der Waals surface area contributed by atoms with Crippen LogP contribution in [0.3, 0.4) is 0 Å². The van der Waals surface area contributed by atoms with Gasteiger partial charge in [-0.05, 0) is 31.2 Å². The number of para-hydroxylation sites is 4. The van der Waals surface area contributed by atoms with Crippen molar-refractivity contribution in [1.82, 2.24) is 9.55 Å². The highest BCUT2D eigenvalue weighted by Crippen LogP contribution is 2.31. The van der Waals surface area contributed by atoms with Crippen LogP contribution in [0.25, 0.3) is 11.0 Å². The summed E-state index contributed by atoms with van der Waals surface area (Å²) in [4.78, 5) is 17.1. The van der Waals surface area contributed by atoms with Gasteiger partial charge in [-0.1, -0.05) is 24.3 Å². The molecule has 0 radical (unpaired) electrons. The Morgan fingerprint density at radius 2 is 1.96 bits per heavy atom. The summed E-state index contributed by atoms with van der Waals surface area (Å²) in [5, 5.41) is 2.86. The second-order valence-electron chi connectivity index (χ2n) is 5.52. The molecule has 0 saturated carbocycles. The molecule has 1 N–H and O–H groups in total. The Bertz CT molecular complexity index is 903. The normalized spacial score (nSPS) is 16.1. The lowest BCUT2D eigenvalue weighted by Gasteiger charge is -2.25. The van der Waals surface area contributed by atoms with E-state index in [1.54, 1.807) is 6.07 Å². The molecule has 1 aliphatic rings. The number of amides is 1. The summed E-state index contributed by atoms with van der Waals surface area (Å²) in [5.41, 5.74) is 1.84. The molecule has 0 fully saturated rings. The largest absolute Gasteiger partial charge is 0.485 e. The third-order valence-corrected chi connectivity index (χ3v) is 4.01. The summed E-state index contributed by atoms with van der Waals surface area (Å²) in [6, 6.07) is 15.1. The van der Waals surface area contributed by atoms with Crippen LogP contribution >= 0.6 is 0 Å². The summed E-state index contributed by atoms with van der Waals surface area (Å²) >= 11 is 0. The Kier molecular flexibility index (Phi) is 3.57. The molecule has 0 bridgehead atoms. The highest BCUT2D eigenvalue weighted by molar-refractivity contribution is 5.95. The van der Waals surface area contributed by atoms with Crippen LogP contribution in [0.15, 0.2) is 48.5 Å². The lowest BCUT2D eigenvalue weighted by atomic mass is 10.2. The van der Waals surface area contributed by atoms with Crippen molar-refractivity contribution in [1.29, 1.82) is 0 Å². The molecule has 2 aromatic carbocycles. The summed E-state index contributed by atoms with van der Waals surface area (Å²) in [5.74, 6) is 1.48. The molecule has 3 aromatic rings. The average Bonchev–Trinajstić information content (AvgIpc) is 2.98. The lowest BCUT2D eigenvalue weighted by Crippen LogP contribution is -2.40. The monoisotopic (exact) mass is 323 g/mol. The van der Waals surface area contributed by atoms with Gasteiger partial charge in [-0.3, -0.25) is 10.1 Å². The maximum atomic E-state index is 12.6. The zero-order chi connectivity index (χ0) is 16.5. The minimum absolute atomic E-state index is 0.176. The standard InChI is InChI=1S/C18H17N3O3/c1-2-21-13-8-4-3-7-12(13)19-18(21)20-17(22)16-11-23-14-9-5-6-10-15(14)24-16/h3-10,16H,2,11H2,1H3,(H,19,20,22)/t16-/m1/s1. The fourth-order valence-electron chi connectivity index (χ4n) is 2.83. The van der Waals surface area contributed by atoms with E-state index in [9.17, 15) is 4.79 Å². The van der Waals surface area contributed by atoms with Gasteiger partial charge in [0.2, 0.25) is 12.1 Å². The van der Waals surface area contributed by atoms with Gasteiger partial charge in [0, 0.05) is 6.54 Å². The number of benzene rings is 2. The van der Waals surface area contributed by atoms with Gasteiger partial charge in [0.1, 0.15) is 6.61 Å². The van der Waals surface area contributed by atoms with Crippen molar-refractivity contribution in [2.75, 3.05) is 11.9 Å². The minimum atomic E-state index is -0.704. The average molecular weight is 323 g/mol. The first-order valence-corrected chi connectivity index (χ1v) is 7.91. The van der Waals surface area contributed by atoms with E-state index < -0.39 is 6.10 Å². The number of hydrogen-bond donors (Lipinski definition) is 1. The molecule has 24 heavy (non-hydrogen) atoms. The van der Waals surface area contributed by atoms with Gasteiger partial charge in [-0.25, -0.2) is 4.98 Å². The molecule has 0 spiro atoms. The summed E-state index contributed by atoms with van der Waals surface area (Å²) in [7, 11) is 0. The van der Waals surface area contributed by atoms with Crippen molar-refractivity contribution >= 4 is 22.9 Å². The van der Waals surface area contributed by atoms with Crippen molar-refractivity contribution in [3.63, 3.8) is 0 Å². The lowest BCUT2D eigenvalue weighted by molar-refractivity contribution is -0.125. The zero-order valence-electron chi connectivity index (χ0n) is 13.2. The Morgan fingerprint density at radius 3 is 2.79 bits per heavy atom. The van der Waals surface area contributed by atoms with Crippen molar-refractivity contribution in [3.05, 3.63) is 48.5 Å². The number of nitrogens with zero attached hydrogens (tertiary/aromatic N) is 2. The number of ether oxygens (including phenoxy) is 2. The first-order valence-electron chi connectivity index (χ1n) is 7.91. The van der Waals surface area contributed by atoms with E-state index in [2.05, 4.69) is 10.3 Å². The Balaban J connectivity index is 1.57. The number of aryl methyl sites for hydroxylation is 1. The SMILES string of the molecule is CCn1c(NC(=O)[C@H]2COc3ccccc3O2)nc2ccccc21. The fourth-order valence-corrected chi connectivity index (χ4v) is 2.83. The number of rotatable bonds is 3. The van der Waals surface area contributed by atoms with Crippen LogP contribution in [0.1, 0.15) is 6.92 Å². The molecule has 6 nitrogen and oxygen atoms in total. The predicted octanol–water partition coefficient (Wildman–Crippen LogP) is 2.83. The molecule has 0 unspecified atom stereocenters. The van der Waals surface area contributed by atoms with Crippen molar-refractivity contribution in [2.45, 2.75) is 19.6 Å². The molecule has 0 aliphatic carbocycles. The van der Waals surface area contributed by atoms with Crippen molar-refractivity contribution < 1.29 is 14.3 Å². The molecule has 1 atom stereocenters. The zero-order valence-corrected chi connectivity index (χ0v) is 13.2. The number of nitrogens with one attached hydrogen (secondary N) is 1. The first kappa shape index (κ1) is 14.6. The molecule has 0 saturated heterocycles. The van der Waals surface area contributed by atoms with Crippen molar-refractivity contribution in [2.24, 2.45) is 0 Å². The third kappa shape index (κ3) is 2.46. The number of hydrogen-bond acceptors (Lipinski definition) is 4. The van der Waals surface area contributed by atoms with E-state index in [4.69, 9.17) is 9.47 Å². The van der Waals surface area contributed by atoms with Crippen LogP contribution in [-0.2, 0) is 11.3 Å². The van der Waals surface area contributed by atoms with Crippen LogP contribution in [0.5, 0.6) is 11.5 Å².